The lowest BCUT2D eigenvalue weighted by Gasteiger charge is -2.09. The van der Waals surface area contributed by atoms with Crippen LogP contribution >= 0.6 is 11.3 Å². The Hall–Kier alpha value is -1.32. The van der Waals surface area contributed by atoms with E-state index in [1.54, 1.807) is 18.4 Å². The highest BCUT2D eigenvalue weighted by Crippen LogP contribution is 2.24. The van der Waals surface area contributed by atoms with E-state index in [0.29, 0.717) is 0 Å². The zero-order valence-corrected chi connectivity index (χ0v) is 10.6. The second-order valence-electron chi connectivity index (χ2n) is 3.92. The number of thiophene rings is 1. The van der Waals surface area contributed by atoms with Gasteiger partial charge in [-0.2, -0.15) is 0 Å². The molecule has 90 valence electrons. The third kappa shape index (κ3) is 3.32. The topological polar surface area (TPSA) is 29.5 Å². The van der Waals surface area contributed by atoms with Gasteiger partial charge in [0.05, 0.1) is 13.2 Å². The van der Waals surface area contributed by atoms with Gasteiger partial charge in [0.25, 0.3) is 0 Å². The van der Waals surface area contributed by atoms with Crippen molar-refractivity contribution in [3.8, 4) is 5.75 Å². The molecule has 0 aliphatic carbocycles. The van der Waals surface area contributed by atoms with E-state index in [2.05, 4.69) is 6.07 Å². The molecule has 3 heteroatoms. The van der Waals surface area contributed by atoms with Crippen molar-refractivity contribution in [3.05, 3.63) is 52.2 Å². The van der Waals surface area contributed by atoms with Crippen LogP contribution in [0.3, 0.4) is 0 Å². The van der Waals surface area contributed by atoms with E-state index in [1.165, 1.54) is 5.56 Å². The molecule has 2 aromatic rings. The summed E-state index contributed by atoms with van der Waals surface area (Å²) in [5.74, 6) is 0.869. The molecule has 1 aromatic carbocycles. The van der Waals surface area contributed by atoms with Crippen LogP contribution in [0.25, 0.3) is 0 Å². The molecular formula is C14H16O2S. The minimum Gasteiger partial charge on any atom is -0.497 e. The van der Waals surface area contributed by atoms with Crippen molar-refractivity contribution in [2.75, 3.05) is 7.11 Å². The van der Waals surface area contributed by atoms with Crippen LogP contribution in [0.15, 0.2) is 41.8 Å². The number of aliphatic hydroxyl groups excluding tert-OH is 1. The molecule has 0 saturated heterocycles. The number of benzene rings is 1. The fraction of sp³-hybridized carbons (Fsp3) is 0.286. The minimum atomic E-state index is -0.360. The Morgan fingerprint density at radius 2 is 2.18 bits per heavy atom. The maximum atomic E-state index is 9.98. The summed E-state index contributed by atoms with van der Waals surface area (Å²) in [4.78, 5) is 1.04. The van der Waals surface area contributed by atoms with E-state index in [-0.39, 0.29) is 6.10 Å². The molecule has 1 heterocycles. The maximum Gasteiger partial charge on any atom is 0.119 e. The summed E-state index contributed by atoms with van der Waals surface area (Å²) in [5.41, 5.74) is 1.19. The molecule has 2 nitrogen and oxygen atoms in total. The maximum absolute atomic E-state index is 9.98. The molecule has 0 radical (unpaired) electrons. The molecule has 0 fully saturated rings. The Kier molecular flexibility index (Phi) is 4.18. The predicted molar refractivity (Wildman–Crippen MR) is 70.6 cm³/mol. The van der Waals surface area contributed by atoms with Gasteiger partial charge in [-0.25, -0.2) is 0 Å². The molecule has 17 heavy (non-hydrogen) atoms. The average Bonchev–Trinajstić information content (AvgIpc) is 2.90. The lowest BCUT2D eigenvalue weighted by atomic mass is 10.1. The van der Waals surface area contributed by atoms with Crippen LogP contribution in [-0.4, -0.2) is 12.2 Å². The summed E-state index contributed by atoms with van der Waals surface area (Å²) in [6, 6.07) is 11.9. The highest BCUT2D eigenvalue weighted by molar-refractivity contribution is 7.10. The zero-order valence-electron chi connectivity index (χ0n) is 9.80. The van der Waals surface area contributed by atoms with E-state index in [9.17, 15) is 5.11 Å². The fourth-order valence-corrected chi connectivity index (χ4v) is 2.50. The summed E-state index contributed by atoms with van der Waals surface area (Å²) in [6.45, 7) is 0. The summed E-state index contributed by atoms with van der Waals surface area (Å²) < 4.78 is 5.17. The lowest BCUT2D eigenvalue weighted by Crippen LogP contribution is -1.97. The van der Waals surface area contributed by atoms with Crippen LogP contribution < -0.4 is 4.74 Å². The van der Waals surface area contributed by atoms with Crippen LogP contribution in [-0.2, 0) is 6.42 Å². The molecule has 2 rings (SSSR count). The molecule has 0 aliphatic heterocycles. The lowest BCUT2D eigenvalue weighted by molar-refractivity contribution is 0.171. The molecule has 1 aromatic heterocycles. The summed E-state index contributed by atoms with van der Waals surface area (Å²) in [7, 11) is 1.67. The van der Waals surface area contributed by atoms with E-state index in [1.807, 2.05) is 35.7 Å². The first-order valence-corrected chi connectivity index (χ1v) is 6.52. The Morgan fingerprint density at radius 3 is 2.88 bits per heavy atom. The Balaban J connectivity index is 1.93. The zero-order chi connectivity index (χ0) is 12.1. The highest BCUT2D eigenvalue weighted by atomic mass is 32.1. The summed E-state index contributed by atoms with van der Waals surface area (Å²) >= 11 is 1.60. The van der Waals surface area contributed by atoms with Gasteiger partial charge in [0.1, 0.15) is 5.75 Å². The smallest absolute Gasteiger partial charge is 0.119 e. The number of ether oxygens (including phenoxy) is 1. The van der Waals surface area contributed by atoms with Gasteiger partial charge in [-0.1, -0.05) is 18.2 Å². The fourth-order valence-electron chi connectivity index (χ4n) is 1.75. The van der Waals surface area contributed by atoms with Crippen LogP contribution in [0, 0.1) is 0 Å². The summed E-state index contributed by atoms with van der Waals surface area (Å²) in [6.07, 6.45) is 1.24. The third-order valence-corrected chi connectivity index (χ3v) is 3.69. The first-order valence-electron chi connectivity index (χ1n) is 5.64. The number of methoxy groups -OCH3 is 1. The number of aliphatic hydroxyl groups is 1. The van der Waals surface area contributed by atoms with Crippen molar-refractivity contribution in [3.63, 3.8) is 0 Å². The average molecular weight is 248 g/mol. The largest absolute Gasteiger partial charge is 0.497 e. The second-order valence-corrected chi connectivity index (χ2v) is 4.90. The van der Waals surface area contributed by atoms with Crippen molar-refractivity contribution in [2.24, 2.45) is 0 Å². The van der Waals surface area contributed by atoms with Crippen LogP contribution in [0.2, 0.25) is 0 Å². The standard InChI is InChI=1S/C14H16O2S/c1-16-12-5-2-4-11(10-12)7-8-13(15)14-6-3-9-17-14/h2-6,9-10,13,15H,7-8H2,1H3. The van der Waals surface area contributed by atoms with Crippen molar-refractivity contribution >= 4 is 11.3 Å². The quantitative estimate of drug-likeness (QED) is 0.878. The van der Waals surface area contributed by atoms with Crippen molar-refractivity contribution in [2.45, 2.75) is 18.9 Å². The highest BCUT2D eigenvalue weighted by Gasteiger charge is 2.08. The van der Waals surface area contributed by atoms with E-state index in [0.717, 1.165) is 23.5 Å². The summed E-state index contributed by atoms with van der Waals surface area (Å²) in [5, 5.41) is 12.0. The first kappa shape index (κ1) is 12.1. The van der Waals surface area contributed by atoms with Gasteiger partial charge in [-0.3, -0.25) is 0 Å². The third-order valence-electron chi connectivity index (χ3n) is 2.71. The van der Waals surface area contributed by atoms with Gasteiger partial charge in [-0.15, -0.1) is 11.3 Å². The molecule has 0 spiro atoms. The molecule has 0 amide bonds. The Bertz CT molecular complexity index is 451. The first-order chi connectivity index (χ1) is 8.29. The van der Waals surface area contributed by atoms with Gasteiger partial charge in [0, 0.05) is 4.88 Å². The molecule has 0 saturated carbocycles. The van der Waals surface area contributed by atoms with Gasteiger partial charge in [0.15, 0.2) is 0 Å². The molecule has 0 bridgehead atoms. The SMILES string of the molecule is COc1cccc(CCC(O)c2cccs2)c1. The molecule has 0 aliphatic rings. The predicted octanol–water partition coefficient (Wildman–Crippen LogP) is 3.42. The number of hydrogen-bond donors (Lipinski definition) is 1. The molecule has 1 N–H and O–H groups in total. The Morgan fingerprint density at radius 1 is 1.29 bits per heavy atom. The molecular weight excluding hydrogens is 232 g/mol. The monoisotopic (exact) mass is 248 g/mol. The van der Waals surface area contributed by atoms with Gasteiger partial charge in [0.2, 0.25) is 0 Å². The van der Waals surface area contributed by atoms with Crippen LogP contribution in [0.4, 0.5) is 0 Å². The molecule has 1 atom stereocenters. The van der Waals surface area contributed by atoms with Crippen LogP contribution in [0.5, 0.6) is 5.75 Å². The van der Waals surface area contributed by atoms with E-state index < -0.39 is 0 Å². The second kappa shape index (κ2) is 5.84. The van der Waals surface area contributed by atoms with Gasteiger partial charge >= 0.3 is 0 Å². The number of rotatable bonds is 5. The van der Waals surface area contributed by atoms with Gasteiger partial charge in [-0.05, 0) is 42.0 Å². The van der Waals surface area contributed by atoms with Crippen molar-refractivity contribution in [1.29, 1.82) is 0 Å². The minimum absolute atomic E-state index is 0.360. The van der Waals surface area contributed by atoms with Gasteiger partial charge < -0.3 is 9.84 Å². The van der Waals surface area contributed by atoms with E-state index >= 15 is 0 Å². The normalized spacial score (nSPS) is 12.4. The number of aryl methyl sites for hydroxylation is 1. The van der Waals surface area contributed by atoms with Crippen LogP contribution in [0.1, 0.15) is 23.0 Å². The van der Waals surface area contributed by atoms with Crippen molar-refractivity contribution < 1.29 is 9.84 Å². The molecule has 1 unspecified atom stereocenters. The Labute approximate surface area is 105 Å². The van der Waals surface area contributed by atoms with Crippen molar-refractivity contribution in [1.82, 2.24) is 0 Å². The van der Waals surface area contributed by atoms with E-state index in [4.69, 9.17) is 4.74 Å². The number of hydrogen-bond acceptors (Lipinski definition) is 3.